The fourth-order valence-electron chi connectivity index (χ4n) is 2.63. The summed E-state index contributed by atoms with van der Waals surface area (Å²) >= 11 is 0. The summed E-state index contributed by atoms with van der Waals surface area (Å²) in [5, 5.41) is 13.2. The highest BCUT2D eigenvalue weighted by atomic mass is 16.3. The molecule has 0 aliphatic heterocycles. The predicted octanol–water partition coefficient (Wildman–Crippen LogP) is 2.35. The first kappa shape index (κ1) is 13.5. The summed E-state index contributed by atoms with van der Waals surface area (Å²) in [6.07, 6.45) is 2.79. The summed E-state index contributed by atoms with van der Waals surface area (Å²) in [6, 6.07) is 4.06. The number of pyridine rings is 1. The maximum atomic E-state index is 9.79. The van der Waals surface area contributed by atoms with Crippen LogP contribution in [0.5, 0.6) is 0 Å². The normalized spacial score (nSPS) is 23.0. The highest BCUT2D eigenvalue weighted by Gasteiger charge is 2.24. The van der Waals surface area contributed by atoms with Gasteiger partial charge in [0.15, 0.2) is 17.1 Å². The Morgan fingerprint density at radius 1 is 1.35 bits per heavy atom. The van der Waals surface area contributed by atoms with Gasteiger partial charge in [0.25, 0.3) is 0 Å². The number of aromatic nitrogens is 2. The SMILES string of the molecule is CC(C)c1nc2nc(CN[C@@H]3CCC[C@H]3O)ccc2o1. The fraction of sp³-hybridized carbons (Fsp3) is 0.600. The third-order valence-electron chi connectivity index (χ3n) is 3.85. The number of hydrogen-bond acceptors (Lipinski definition) is 5. The maximum absolute atomic E-state index is 9.79. The number of nitrogens with zero attached hydrogens (tertiary/aromatic N) is 2. The van der Waals surface area contributed by atoms with E-state index in [0.29, 0.717) is 12.2 Å². The van der Waals surface area contributed by atoms with Crippen molar-refractivity contribution in [3.05, 3.63) is 23.7 Å². The maximum Gasteiger partial charge on any atom is 0.199 e. The van der Waals surface area contributed by atoms with Gasteiger partial charge in [0.1, 0.15) is 0 Å². The van der Waals surface area contributed by atoms with Crippen molar-refractivity contribution in [3.8, 4) is 0 Å². The molecule has 1 saturated carbocycles. The van der Waals surface area contributed by atoms with Crippen molar-refractivity contribution < 1.29 is 9.52 Å². The van der Waals surface area contributed by atoms with Crippen molar-refractivity contribution in [1.82, 2.24) is 15.3 Å². The lowest BCUT2D eigenvalue weighted by Crippen LogP contribution is -2.35. The minimum absolute atomic E-state index is 0.191. The van der Waals surface area contributed by atoms with Crippen LogP contribution in [0.3, 0.4) is 0 Å². The van der Waals surface area contributed by atoms with Crippen molar-refractivity contribution in [2.75, 3.05) is 0 Å². The predicted molar refractivity (Wildman–Crippen MR) is 76.4 cm³/mol. The van der Waals surface area contributed by atoms with E-state index in [1.54, 1.807) is 0 Å². The molecule has 0 saturated heterocycles. The van der Waals surface area contributed by atoms with Crippen LogP contribution >= 0.6 is 0 Å². The van der Waals surface area contributed by atoms with E-state index in [4.69, 9.17) is 4.42 Å². The second-order valence-electron chi connectivity index (χ2n) is 5.82. The summed E-state index contributed by atoms with van der Waals surface area (Å²) in [5.41, 5.74) is 2.33. The number of fused-ring (bicyclic) bond motifs is 1. The Bertz CT molecular complexity index is 594. The quantitative estimate of drug-likeness (QED) is 0.896. The Morgan fingerprint density at radius 3 is 2.90 bits per heavy atom. The minimum atomic E-state index is -0.224. The van der Waals surface area contributed by atoms with E-state index in [0.717, 1.165) is 36.4 Å². The van der Waals surface area contributed by atoms with E-state index < -0.39 is 0 Å². The first-order chi connectivity index (χ1) is 9.63. The van der Waals surface area contributed by atoms with E-state index in [1.807, 2.05) is 12.1 Å². The van der Waals surface area contributed by atoms with Gasteiger partial charge in [-0.15, -0.1) is 0 Å². The number of hydrogen-bond donors (Lipinski definition) is 2. The molecule has 2 aromatic heterocycles. The smallest absolute Gasteiger partial charge is 0.199 e. The molecule has 0 radical (unpaired) electrons. The van der Waals surface area contributed by atoms with Gasteiger partial charge in [-0.3, -0.25) is 0 Å². The van der Waals surface area contributed by atoms with E-state index in [-0.39, 0.29) is 18.1 Å². The van der Waals surface area contributed by atoms with Crippen LogP contribution in [0.4, 0.5) is 0 Å². The van der Waals surface area contributed by atoms with Crippen LogP contribution in [0.15, 0.2) is 16.5 Å². The van der Waals surface area contributed by atoms with E-state index in [9.17, 15) is 5.11 Å². The van der Waals surface area contributed by atoms with Gasteiger partial charge in [0, 0.05) is 18.5 Å². The van der Waals surface area contributed by atoms with Gasteiger partial charge in [0.2, 0.25) is 0 Å². The second kappa shape index (κ2) is 5.50. The topological polar surface area (TPSA) is 71.2 Å². The molecule has 1 fully saturated rings. The number of aliphatic hydroxyl groups is 1. The van der Waals surface area contributed by atoms with E-state index in [2.05, 4.69) is 29.1 Å². The summed E-state index contributed by atoms with van der Waals surface area (Å²) in [7, 11) is 0. The van der Waals surface area contributed by atoms with Gasteiger partial charge in [-0.05, 0) is 31.4 Å². The summed E-state index contributed by atoms with van der Waals surface area (Å²) in [4.78, 5) is 8.93. The molecule has 2 atom stereocenters. The zero-order chi connectivity index (χ0) is 14.1. The monoisotopic (exact) mass is 275 g/mol. The lowest BCUT2D eigenvalue weighted by molar-refractivity contribution is 0.148. The Labute approximate surface area is 118 Å². The number of aliphatic hydroxyl groups excluding tert-OH is 1. The van der Waals surface area contributed by atoms with Crippen molar-refractivity contribution in [3.63, 3.8) is 0 Å². The second-order valence-corrected chi connectivity index (χ2v) is 5.82. The van der Waals surface area contributed by atoms with Gasteiger partial charge < -0.3 is 14.8 Å². The molecule has 2 aromatic rings. The molecule has 0 aromatic carbocycles. The summed E-state index contributed by atoms with van der Waals surface area (Å²) in [5.74, 6) is 0.989. The van der Waals surface area contributed by atoms with Crippen molar-refractivity contribution in [2.45, 2.75) is 57.7 Å². The molecule has 2 N–H and O–H groups in total. The number of oxazole rings is 1. The van der Waals surface area contributed by atoms with Crippen LogP contribution < -0.4 is 5.32 Å². The average molecular weight is 275 g/mol. The van der Waals surface area contributed by atoms with Gasteiger partial charge in [0.05, 0.1) is 11.8 Å². The van der Waals surface area contributed by atoms with Crippen LogP contribution in [0.2, 0.25) is 0 Å². The van der Waals surface area contributed by atoms with Crippen LogP contribution in [0, 0.1) is 0 Å². The number of nitrogens with one attached hydrogen (secondary N) is 1. The molecule has 1 aliphatic carbocycles. The third-order valence-corrected chi connectivity index (χ3v) is 3.85. The van der Waals surface area contributed by atoms with Gasteiger partial charge in [-0.1, -0.05) is 13.8 Å². The molecule has 3 rings (SSSR count). The van der Waals surface area contributed by atoms with Crippen molar-refractivity contribution in [2.24, 2.45) is 0 Å². The lowest BCUT2D eigenvalue weighted by Gasteiger charge is -2.15. The first-order valence-electron chi connectivity index (χ1n) is 7.31. The van der Waals surface area contributed by atoms with Crippen LogP contribution in [0.1, 0.15) is 50.6 Å². The fourth-order valence-corrected chi connectivity index (χ4v) is 2.63. The molecule has 5 heteroatoms. The molecule has 1 aliphatic rings. The third kappa shape index (κ3) is 2.69. The molecule has 0 spiro atoms. The van der Waals surface area contributed by atoms with Crippen molar-refractivity contribution in [1.29, 1.82) is 0 Å². The molecule has 108 valence electrons. The molecular formula is C15H21N3O2. The van der Waals surface area contributed by atoms with Gasteiger partial charge in [-0.2, -0.15) is 4.98 Å². The Balaban J connectivity index is 1.72. The van der Waals surface area contributed by atoms with Crippen LogP contribution in [-0.4, -0.2) is 27.2 Å². The molecule has 5 nitrogen and oxygen atoms in total. The summed E-state index contributed by atoms with van der Waals surface area (Å²) < 4.78 is 5.65. The van der Waals surface area contributed by atoms with E-state index in [1.165, 1.54) is 0 Å². The van der Waals surface area contributed by atoms with Crippen molar-refractivity contribution >= 4 is 11.2 Å². The standard InChI is InChI=1S/C15H21N3O2/c1-9(2)15-18-14-13(20-15)7-6-10(17-14)8-16-11-4-3-5-12(11)19/h6-7,9,11-12,16,19H,3-5,8H2,1-2H3/t11-,12-/m1/s1. The highest BCUT2D eigenvalue weighted by Crippen LogP contribution is 2.21. The molecule has 0 bridgehead atoms. The molecule has 20 heavy (non-hydrogen) atoms. The lowest BCUT2D eigenvalue weighted by atomic mass is 10.2. The zero-order valence-corrected chi connectivity index (χ0v) is 12.0. The van der Waals surface area contributed by atoms with Gasteiger partial charge in [-0.25, -0.2) is 4.98 Å². The number of rotatable bonds is 4. The highest BCUT2D eigenvalue weighted by molar-refractivity contribution is 5.67. The molecular weight excluding hydrogens is 254 g/mol. The van der Waals surface area contributed by atoms with Crippen LogP contribution in [0.25, 0.3) is 11.2 Å². The molecule has 2 heterocycles. The Kier molecular flexibility index (Phi) is 3.72. The first-order valence-corrected chi connectivity index (χ1v) is 7.31. The largest absolute Gasteiger partial charge is 0.439 e. The average Bonchev–Trinajstić information content (AvgIpc) is 3.01. The Morgan fingerprint density at radius 2 is 2.20 bits per heavy atom. The summed E-state index contributed by atoms with van der Waals surface area (Å²) in [6.45, 7) is 4.75. The molecule has 0 unspecified atom stereocenters. The minimum Gasteiger partial charge on any atom is -0.439 e. The van der Waals surface area contributed by atoms with E-state index >= 15 is 0 Å². The Hall–Kier alpha value is -1.46. The van der Waals surface area contributed by atoms with Crippen LogP contribution in [-0.2, 0) is 6.54 Å². The zero-order valence-electron chi connectivity index (χ0n) is 12.0. The molecule has 0 amide bonds. The van der Waals surface area contributed by atoms with Gasteiger partial charge >= 0.3 is 0 Å².